The largest absolute Gasteiger partial charge is 0.326 e. The minimum Gasteiger partial charge on any atom is -0.326 e. The Bertz CT molecular complexity index is 910. The maximum Gasteiger partial charge on any atom is 0.280 e. The van der Waals surface area contributed by atoms with Gasteiger partial charge in [-0.3, -0.25) is 4.79 Å². The van der Waals surface area contributed by atoms with E-state index in [4.69, 9.17) is 0 Å². The van der Waals surface area contributed by atoms with Gasteiger partial charge in [0.1, 0.15) is 12.4 Å². The molecule has 0 bridgehead atoms. The summed E-state index contributed by atoms with van der Waals surface area (Å²) in [5.41, 5.74) is 5.46. The maximum absolute atomic E-state index is 12.5. The van der Waals surface area contributed by atoms with Crippen LogP contribution in [0.2, 0.25) is 0 Å². The van der Waals surface area contributed by atoms with Crippen molar-refractivity contribution in [2.45, 2.75) is 27.3 Å². The van der Waals surface area contributed by atoms with Gasteiger partial charge in [-0.15, -0.1) is 0 Å². The highest BCUT2D eigenvalue weighted by molar-refractivity contribution is 5.91. The van der Waals surface area contributed by atoms with Crippen molar-refractivity contribution in [1.29, 1.82) is 0 Å². The molecule has 0 spiro atoms. The highest BCUT2D eigenvalue weighted by Crippen LogP contribution is 2.17. The van der Waals surface area contributed by atoms with Gasteiger partial charge >= 0.3 is 0 Å². The number of aromatic nitrogens is 2. The summed E-state index contributed by atoms with van der Waals surface area (Å²) in [5.74, 6) is 0.678. The van der Waals surface area contributed by atoms with Crippen molar-refractivity contribution in [3.05, 3.63) is 77.0 Å². The van der Waals surface area contributed by atoms with Gasteiger partial charge in [0.05, 0.1) is 18.4 Å². The van der Waals surface area contributed by atoms with Gasteiger partial charge in [0.15, 0.2) is 6.54 Å². The number of likely N-dealkylation sites (N-methyl/N-ethyl adjacent to an activating group) is 1. The molecule has 2 N–H and O–H groups in total. The van der Waals surface area contributed by atoms with Crippen LogP contribution in [-0.2, 0) is 11.3 Å². The lowest BCUT2D eigenvalue weighted by molar-refractivity contribution is -0.885. The predicted octanol–water partition coefficient (Wildman–Crippen LogP) is 2.45. The summed E-state index contributed by atoms with van der Waals surface area (Å²) in [6.45, 7) is 7.26. The first-order valence-electron chi connectivity index (χ1n) is 9.21. The second kappa shape index (κ2) is 8.18. The summed E-state index contributed by atoms with van der Waals surface area (Å²) in [5, 5.41) is 7.52. The van der Waals surface area contributed by atoms with Crippen LogP contribution in [-0.4, -0.2) is 29.3 Å². The molecule has 1 atom stereocenters. The highest BCUT2D eigenvalue weighted by Gasteiger charge is 2.15. The van der Waals surface area contributed by atoms with Gasteiger partial charge < -0.3 is 10.2 Å². The van der Waals surface area contributed by atoms with E-state index in [0.29, 0.717) is 12.4 Å². The third-order valence-corrected chi connectivity index (χ3v) is 4.47. The second-order valence-electron chi connectivity index (χ2n) is 7.26. The minimum atomic E-state index is -0.0205. The van der Waals surface area contributed by atoms with Gasteiger partial charge in [0, 0.05) is 11.6 Å². The Morgan fingerprint density at radius 1 is 1.00 bits per heavy atom. The molecule has 5 nitrogen and oxygen atoms in total. The van der Waals surface area contributed by atoms with Gasteiger partial charge in [0.25, 0.3) is 5.91 Å². The predicted molar refractivity (Wildman–Crippen MR) is 108 cm³/mol. The maximum atomic E-state index is 12.5. The molecular weight excluding hydrogens is 336 g/mol. The standard InChI is InChI=1S/C22H26N4O/c1-16-5-9-19(10-6-16)14-25(4)15-22(27)23-21-13-18(3)24-26(21)20-11-7-17(2)8-12-20/h5-13H,14-15H2,1-4H3,(H,23,27)/p+1. The van der Waals surface area contributed by atoms with Crippen LogP contribution >= 0.6 is 0 Å². The zero-order valence-electron chi connectivity index (χ0n) is 16.4. The summed E-state index contributed by atoms with van der Waals surface area (Å²) in [4.78, 5) is 13.7. The van der Waals surface area contributed by atoms with Crippen molar-refractivity contribution in [3.63, 3.8) is 0 Å². The van der Waals surface area contributed by atoms with E-state index in [9.17, 15) is 4.79 Å². The molecule has 0 aliphatic rings. The number of anilines is 1. The molecule has 1 amide bonds. The topological polar surface area (TPSA) is 51.4 Å². The lowest BCUT2D eigenvalue weighted by atomic mass is 10.1. The third-order valence-electron chi connectivity index (χ3n) is 4.47. The quantitative estimate of drug-likeness (QED) is 0.707. The molecule has 27 heavy (non-hydrogen) atoms. The van der Waals surface area contributed by atoms with E-state index in [-0.39, 0.29) is 5.91 Å². The minimum absolute atomic E-state index is 0.0205. The lowest BCUT2D eigenvalue weighted by Crippen LogP contribution is -3.08. The van der Waals surface area contributed by atoms with Crippen LogP contribution in [0.1, 0.15) is 22.4 Å². The zero-order chi connectivity index (χ0) is 19.4. The molecule has 1 heterocycles. The van der Waals surface area contributed by atoms with E-state index >= 15 is 0 Å². The molecule has 1 unspecified atom stereocenters. The van der Waals surface area contributed by atoms with Gasteiger partial charge in [0.2, 0.25) is 0 Å². The number of nitrogens with zero attached hydrogens (tertiary/aromatic N) is 2. The van der Waals surface area contributed by atoms with E-state index in [1.165, 1.54) is 16.7 Å². The fraction of sp³-hybridized carbons (Fsp3) is 0.273. The van der Waals surface area contributed by atoms with Crippen molar-refractivity contribution < 1.29 is 9.69 Å². The van der Waals surface area contributed by atoms with Crippen LogP contribution < -0.4 is 10.2 Å². The van der Waals surface area contributed by atoms with E-state index in [2.05, 4.69) is 41.6 Å². The van der Waals surface area contributed by atoms with Gasteiger partial charge in [-0.05, 0) is 32.9 Å². The van der Waals surface area contributed by atoms with E-state index < -0.39 is 0 Å². The summed E-state index contributed by atoms with van der Waals surface area (Å²) in [6.07, 6.45) is 0. The first-order valence-corrected chi connectivity index (χ1v) is 9.21. The molecule has 0 fully saturated rings. The fourth-order valence-corrected chi connectivity index (χ4v) is 3.05. The normalized spacial score (nSPS) is 12.0. The molecule has 0 saturated heterocycles. The van der Waals surface area contributed by atoms with E-state index in [0.717, 1.165) is 22.8 Å². The van der Waals surface area contributed by atoms with Crippen molar-refractivity contribution in [2.75, 3.05) is 18.9 Å². The summed E-state index contributed by atoms with van der Waals surface area (Å²) in [7, 11) is 2.03. The number of hydrogen-bond acceptors (Lipinski definition) is 2. The molecule has 5 heteroatoms. The first-order chi connectivity index (χ1) is 12.9. The number of benzene rings is 2. The van der Waals surface area contributed by atoms with Crippen molar-refractivity contribution in [2.24, 2.45) is 0 Å². The number of rotatable bonds is 6. The molecule has 3 rings (SSSR count). The Morgan fingerprint density at radius 3 is 2.22 bits per heavy atom. The number of quaternary nitrogens is 1. The Hall–Kier alpha value is -2.92. The Balaban J connectivity index is 1.65. The van der Waals surface area contributed by atoms with Crippen LogP contribution in [0.4, 0.5) is 5.82 Å². The van der Waals surface area contributed by atoms with Gasteiger partial charge in [-0.2, -0.15) is 5.10 Å². The van der Waals surface area contributed by atoms with Crippen LogP contribution in [0.15, 0.2) is 54.6 Å². The number of carbonyl (C=O) groups is 1. The number of hydrogen-bond donors (Lipinski definition) is 2. The molecule has 0 aliphatic carbocycles. The number of aryl methyl sites for hydroxylation is 3. The second-order valence-corrected chi connectivity index (χ2v) is 7.26. The van der Waals surface area contributed by atoms with E-state index in [1.54, 1.807) is 4.68 Å². The highest BCUT2D eigenvalue weighted by atomic mass is 16.2. The fourth-order valence-electron chi connectivity index (χ4n) is 3.05. The Morgan fingerprint density at radius 2 is 1.59 bits per heavy atom. The Labute approximate surface area is 160 Å². The van der Waals surface area contributed by atoms with Crippen LogP contribution in [0.25, 0.3) is 5.69 Å². The van der Waals surface area contributed by atoms with Crippen LogP contribution in [0.3, 0.4) is 0 Å². The average Bonchev–Trinajstić information content (AvgIpc) is 2.97. The molecule has 1 aromatic heterocycles. The molecule has 140 valence electrons. The van der Waals surface area contributed by atoms with Crippen molar-refractivity contribution in [1.82, 2.24) is 9.78 Å². The zero-order valence-corrected chi connectivity index (χ0v) is 16.4. The molecule has 0 radical (unpaired) electrons. The smallest absolute Gasteiger partial charge is 0.280 e. The van der Waals surface area contributed by atoms with Crippen LogP contribution in [0, 0.1) is 20.8 Å². The SMILES string of the molecule is Cc1ccc(C[NH+](C)CC(=O)Nc2cc(C)nn2-c2ccc(C)cc2)cc1. The monoisotopic (exact) mass is 363 g/mol. The van der Waals surface area contributed by atoms with Gasteiger partial charge in [-0.1, -0.05) is 47.5 Å². The summed E-state index contributed by atoms with van der Waals surface area (Å²) in [6, 6.07) is 18.4. The van der Waals surface area contributed by atoms with Crippen molar-refractivity contribution in [3.8, 4) is 5.69 Å². The lowest BCUT2D eigenvalue weighted by Gasteiger charge is -2.14. The molecular formula is C22H27N4O+. The molecule has 2 aromatic carbocycles. The molecule has 0 aliphatic heterocycles. The summed E-state index contributed by atoms with van der Waals surface area (Å²) >= 11 is 0. The van der Waals surface area contributed by atoms with Crippen LogP contribution in [0.5, 0.6) is 0 Å². The first kappa shape index (κ1) is 18.9. The number of amides is 1. The van der Waals surface area contributed by atoms with E-state index in [1.807, 2.05) is 51.2 Å². The number of nitrogens with one attached hydrogen (secondary N) is 2. The van der Waals surface area contributed by atoms with Gasteiger partial charge in [-0.25, -0.2) is 4.68 Å². The number of carbonyl (C=O) groups excluding carboxylic acids is 1. The third kappa shape index (κ3) is 5.05. The van der Waals surface area contributed by atoms with Crippen molar-refractivity contribution >= 4 is 11.7 Å². The average molecular weight is 363 g/mol. The Kier molecular flexibility index (Phi) is 5.72. The molecule has 0 saturated carbocycles. The summed E-state index contributed by atoms with van der Waals surface area (Å²) < 4.78 is 1.78. The molecule has 3 aromatic rings.